The van der Waals surface area contributed by atoms with Crippen molar-refractivity contribution in [3.63, 3.8) is 0 Å². The summed E-state index contributed by atoms with van der Waals surface area (Å²) in [6.07, 6.45) is 0. The zero-order chi connectivity index (χ0) is 16.4. The molecule has 1 aromatic heterocycles. The van der Waals surface area contributed by atoms with Crippen LogP contribution in [0.3, 0.4) is 0 Å². The summed E-state index contributed by atoms with van der Waals surface area (Å²) < 4.78 is 10.7. The fraction of sp³-hybridized carbons (Fsp3) is 0.211. The van der Waals surface area contributed by atoms with Crippen LogP contribution in [0.25, 0.3) is 21.8 Å². The van der Waals surface area contributed by atoms with Crippen LogP contribution in [0.2, 0.25) is 0 Å². The number of rotatable bonds is 4. The second-order valence-electron chi connectivity index (χ2n) is 5.43. The molecule has 0 N–H and O–H groups in total. The van der Waals surface area contributed by atoms with Crippen LogP contribution in [0, 0.1) is 13.8 Å². The highest BCUT2D eigenvalue weighted by Crippen LogP contribution is 2.35. The number of benzene rings is 2. The molecular weight excluding hydrogens is 306 g/mol. The smallest absolute Gasteiger partial charge is 0.161 e. The van der Waals surface area contributed by atoms with Gasteiger partial charge in [0.05, 0.1) is 19.9 Å². The average molecular weight is 325 g/mol. The SMILES string of the molecule is COc1ccc(-c2nc(-c3cc(C)ccc3C)cs2)cc1OC. The van der Waals surface area contributed by atoms with Gasteiger partial charge in [0.1, 0.15) is 5.01 Å². The summed E-state index contributed by atoms with van der Waals surface area (Å²) in [6, 6.07) is 12.3. The number of hydrogen-bond donors (Lipinski definition) is 0. The molecule has 2 aromatic carbocycles. The minimum Gasteiger partial charge on any atom is -0.493 e. The number of methoxy groups -OCH3 is 2. The van der Waals surface area contributed by atoms with E-state index >= 15 is 0 Å². The van der Waals surface area contributed by atoms with E-state index in [1.54, 1.807) is 25.6 Å². The van der Waals surface area contributed by atoms with Gasteiger partial charge in [0.25, 0.3) is 0 Å². The molecule has 0 fully saturated rings. The summed E-state index contributed by atoms with van der Waals surface area (Å²) >= 11 is 1.64. The molecule has 0 aliphatic heterocycles. The van der Waals surface area contributed by atoms with Crippen molar-refractivity contribution >= 4 is 11.3 Å². The van der Waals surface area contributed by atoms with Gasteiger partial charge in [-0.15, -0.1) is 11.3 Å². The highest BCUT2D eigenvalue weighted by atomic mass is 32.1. The molecule has 0 saturated carbocycles. The van der Waals surface area contributed by atoms with Crippen molar-refractivity contribution in [1.82, 2.24) is 4.98 Å². The Morgan fingerprint density at radius 3 is 2.43 bits per heavy atom. The van der Waals surface area contributed by atoms with E-state index in [0.717, 1.165) is 22.0 Å². The van der Waals surface area contributed by atoms with Crippen molar-refractivity contribution < 1.29 is 9.47 Å². The summed E-state index contributed by atoms with van der Waals surface area (Å²) in [5.74, 6) is 1.44. The molecule has 0 atom stereocenters. The van der Waals surface area contributed by atoms with E-state index < -0.39 is 0 Å². The summed E-state index contributed by atoms with van der Waals surface area (Å²) in [4.78, 5) is 4.81. The summed E-state index contributed by atoms with van der Waals surface area (Å²) in [6.45, 7) is 4.22. The molecule has 118 valence electrons. The first-order valence-corrected chi connectivity index (χ1v) is 8.26. The van der Waals surface area contributed by atoms with Gasteiger partial charge >= 0.3 is 0 Å². The lowest BCUT2D eigenvalue weighted by Crippen LogP contribution is -1.91. The normalized spacial score (nSPS) is 10.6. The maximum absolute atomic E-state index is 5.38. The quantitative estimate of drug-likeness (QED) is 0.668. The molecule has 0 saturated heterocycles. The van der Waals surface area contributed by atoms with E-state index in [0.29, 0.717) is 5.75 Å². The van der Waals surface area contributed by atoms with E-state index in [1.807, 2.05) is 18.2 Å². The molecule has 0 spiro atoms. The van der Waals surface area contributed by atoms with Crippen LogP contribution in [-0.2, 0) is 0 Å². The van der Waals surface area contributed by atoms with E-state index in [1.165, 1.54) is 16.7 Å². The Bertz CT molecular complexity index is 839. The van der Waals surface area contributed by atoms with Gasteiger partial charge in [0.15, 0.2) is 11.5 Å². The van der Waals surface area contributed by atoms with Gasteiger partial charge in [0.2, 0.25) is 0 Å². The van der Waals surface area contributed by atoms with Crippen molar-refractivity contribution in [2.75, 3.05) is 14.2 Å². The Kier molecular flexibility index (Phi) is 4.35. The van der Waals surface area contributed by atoms with Crippen LogP contribution in [-0.4, -0.2) is 19.2 Å². The number of ether oxygens (including phenoxy) is 2. The Balaban J connectivity index is 2.00. The minimum absolute atomic E-state index is 0.716. The van der Waals surface area contributed by atoms with Gasteiger partial charge in [-0.1, -0.05) is 17.7 Å². The molecule has 1 heterocycles. The number of aromatic nitrogens is 1. The van der Waals surface area contributed by atoms with E-state index in [-0.39, 0.29) is 0 Å². The fourth-order valence-electron chi connectivity index (χ4n) is 2.51. The topological polar surface area (TPSA) is 31.4 Å². The summed E-state index contributed by atoms with van der Waals surface area (Å²) in [5.41, 5.74) is 5.71. The lowest BCUT2D eigenvalue weighted by atomic mass is 10.0. The van der Waals surface area contributed by atoms with Gasteiger partial charge in [-0.2, -0.15) is 0 Å². The number of aryl methyl sites for hydroxylation is 2. The average Bonchev–Trinajstić information content (AvgIpc) is 3.06. The fourth-order valence-corrected chi connectivity index (χ4v) is 3.33. The van der Waals surface area contributed by atoms with Crippen LogP contribution >= 0.6 is 11.3 Å². The molecule has 23 heavy (non-hydrogen) atoms. The van der Waals surface area contributed by atoms with Crippen LogP contribution in [0.1, 0.15) is 11.1 Å². The molecular formula is C19H19NO2S. The van der Waals surface area contributed by atoms with Gasteiger partial charge in [-0.05, 0) is 43.7 Å². The van der Waals surface area contributed by atoms with Gasteiger partial charge in [-0.3, -0.25) is 0 Å². The third-order valence-corrected chi connectivity index (χ3v) is 4.70. The van der Waals surface area contributed by atoms with E-state index in [9.17, 15) is 0 Å². The van der Waals surface area contributed by atoms with Crippen molar-refractivity contribution in [3.05, 3.63) is 52.9 Å². The van der Waals surface area contributed by atoms with Crippen LogP contribution in [0.15, 0.2) is 41.8 Å². The molecule has 0 aliphatic rings. The van der Waals surface area contributed by atoms with Crippen molar-refractivity contribution in [1.29, 1.82) is 0 Å². The maximum Gasteiger partial charge on any atom is 0.161 e. The van der Waals surface area contributed by atoms with Crippen LogP contribution in [0.5, 0.6) is 11.5 Å². The Morgan fingerprint density at radius 2 is 1.70 bits per heavy atom. The lowest BCUT2D eigenvalue weighted by molar-refractivity contribution is 0.355. The standard InChI is InChI=1S/C19H19NO2S/c1-12-5-6-13(2)15(9-12)16-11-23-19(20-16)14-7-8-17(21-3)18(10-14)22-4/h5-11H,1-4H3. The van der Waals surface area contributed by atoms with Crippen LogP contribution < -0.4 is 9.47 Å². The molecule has 3 aromatic rings. The number of thiazole rings is 1. The van der Waals surface area contributed by atoms with E-state index in [2.05, 4.69) is 37.4 Å². The second-order valence-corrected chi connectivity index (χ2v) is 6.28. The zero-order valence-corrected chi connectivity index (χ0v) is 14.5. The second kappa shape index (κ2) is 6.42. The molecule has 0 unspecified atom stereocenters. The van der Waals surface area contributed by atoms with Gasteiger partial charge in [-0.25, -0.2) is 4.98 Å². The summed E-state index contributed by atoms with van der Waals surface area (Å²) in [5, 5.41) is 3.08. The Morgan fingerprint density at radius 1 is 0.913 bits per heavy atom. The molecule has 4 heteroatoms. The Hall–Kier alpha value is -2.33. The van der Waals surface area contributed by atoms with Gasteiger partial charge in [0, 0.05) is 16.5 Å². The molecule has 0 bridgehead atoms. The molecule has 3 rings (SSSR count). The monoisotopic (exact) mass is 325 g/mol. The minimum atomic E-state index is 0.716. The maximum atomic E-state index is 5.38. The van der Waals surface area contributed by atoms with E-state index in [4.69, 9.17) is 14.5 Å². The van der Waals surface area contributed by atoms with Crippen molar-refractivity contribution in [2.24, 2.45) is 0 Å². The highest BCUT2D eigenvalue weighted by Gasteiger charge is 2.11. The molecule has 0 aliphatic carbocycles. The first kappa shape index (κ1) is 15.6. The van der Waals surface area contributed by atoms with Crippen LogP contribution in [0.4, 0.5) is 0 Å². The third kappa shape index (κ3) is 3.08. The predicted octanol–water partition coefficient (Wildman–Crippen LogP) is 5.11. The first-order valence-electron chi connectivity index (χ1n) is 7.38. The highest BCUT2D eigenvalue weighted by molar-refractivity contribution is 7.13. The molecule has 0 radical (unpaired) electrons. The van der Waals surface area contributed by atoms with Gasteiger partial charge < -0.3 is 9.47 Å². The molecule has 0 amide bonds. The zero-order valence-electron chi connectivity index (χ0n) is 13.7. The number of hydrogen-bond acceptors (Lipinski definition) is 4. The predicted molar refractivity (Wildman–Crippen MR) is 95.6 cm³/mol. The first-order chi connectivity index (χ1) is 11.1. The largest absolute Gasteiger partial charge is 0.493 e. The lowest BCUT2D eigenvalue weighted by Gasteiger charge is -2.08. The number of nitrogens with zero attached hydrogens (tertiary/aromatic N) is 1. The third-order valence-electron chi connectivity index (χ3n) is 3.80. The van der Waals surface area contributed by atoms with Crippen molar-refractivity contribution in [3.8, 4) is 33.3 Å². The Labute approximate surface area is 140 Å². The van der Waals surface area contributed by atoms with Crippen molar-refractivity contribution in [2.45, 2.75) is 13.8 Å². The summed E-state index contributed by atoms with van der Waals surface area (Å²) in [7, 11) is 3.28. The molecule has 3 nitrogen and oxygen atoms in total.